The van der Waals surface area contributed by atoms with Crippen LogP contribution in [0, 0.1) is 16.2 Å². The summed E-state index contributed by atoms with van der Waals surface area (Å²) < 4.78 is 21.5. The number of aliphatic imine (C=N–C) groups is 1. The van der Waals surface area contributed by atoms with Crippen molar-refractivity contribution in [1.29, 1.82) is 16.2 Å². The third-order valence-electron chi connectivity index (χ3n) is 21.2. The highest BCUT2D eigenvalue weighted by molar-refractivity contribution is 6.35. The van der Waals surface area contributed by atoms with Crippen LogP contribution in [0.15, 0.2) is 224 Å². The van der Waals surface area contributed by atoms with E-state index in [4.69, 9.17) is 128 Å². The molecule has 0 atom stereocenters. The Hall–Kier alpha value is -14.5. The summed E-state index contributed by atoms with van der Waals surface area (Å²) in [5, 5.41) is 49.4. The molecule has 8 aromatic carbocycles. The molecule has 138 heavy (non-hydrogen) atoms. The molecule has 4 aromatic heterocycles. The summed E-state index contributed by atoms with van der Waals surface area (Å²) in [5.41, 5.74) is 5.66. The number of likely N-dealkylation sites (tertiary alicyclic amines) is 2. The SMILES string of the molecule is COc1cc(Cl)cc(C(=O)Nc2ccc(Cl)cn2)c1NC(=O)c1ccc(C(=N)N(C)C)cc1.COc1cc(Cl)cc(C(=O)Nc2ccc(Cl)cn2)c1NC(=O)c1ccc(C(=N)N2CCCC2)cc1.COc1cc(Cl)cc(C(=O)Nc2ccc(Cl)cn2)c1NC(=O)c1ccc(C(=N)N2CCCCC2)cc1.COc1cc(Cl)cc(C(=O)Nc2ccc(Cl)cn2)c1NC(=O)c1ccc(C2=NCCN2C)cc1. The number of amides is 8. The first-order valence-corrected chi connectivity index (χ1v) is 45.4. The van der Waals surface area contributed by atoms with Crippen LogP contribution in [0.5, 0.6) is 23.0 Å². The molecule has 15 rings (SSSR count). The van der Waals surface area contributed by atoms with Gasteiger partial charge in [-0.25, -0.2) is 19.9 Å². The van der Waals surface area contributed by atoms with E-state index in [1.54, 1.807) is 152 Å². The summed E-state index contributed by atoms with van der Waals surface area (Å²) in [6.07, 6.45) is 11.1. The van der Waals surface area contributed by atoms with E-state index < -0.39 is 47.3 Å². The van der Waals surface area contributed by atoms with Gasteiger partial charge in [-0.2, -0.15) is 0 Å². The number of aromatic nitrogens is 4. The number of amidine groups is 4. The van der Waals surface area contributed by atoms with Gasteiger partial charge in [0.2, 0.25) is 0 Å². The molecule has 0 aliphatic carbocycles. The molecule has 7 heterocycles. The van der Waals surface area contributed by atoms with Crippen molar-refractivity contribution in [1.82, 2.24) is 39.5 Å². The number of hydrogen-bond acceptors (Lipinski definition) is 21. The van der Waals surface area contributed by atoms with E-state index in [0.717, 1.165) is 87.5 Å². The number of piperidine rings is 1. The maximum absolute atomic E-state index is 13.1. The number of ether oxygens (including phenoxy) is 4. The second-order valence-electron chi connectivity index (χ2n) is 30.8. The van der Waals surface area contributed by atoms with E-state index in [1.807, 2.05) is 24.1 Å². The molecular weight excluding hydrogens is 1930 g/mol. The van der Waals surface area contributed by atoms with Gasteiger partial charge in [0, 0.05) is 168 Å². The van der Waals surface area contributed by atoms with Gasteiger partial charge in [-0.05, 0) is 153 Å². The number of benzene rings is 8. The number of halogens is 8. The largest absolute Gasteiger partial charge is 0.494 e. The average molecular weight is 2020 g/mol. The molecule has 2 saturated heterocycles. The number of hydrogen-bond donors (Lipinski definition) is 11. The van der Waals surface area contributed by atoms with Crippen LogP contribution < -0.4 is 61.5 Å². The van der Waals surface area contributed by atoms with Crippen molar-refractivity contribution in [2.24, 2.45) is 4.99 Å². The van der Waals surface area contributed by atoms with Crippen LogP contribution in [0.4, 0.5) is 46.0 Å². The summed E-state index contributed by atoms with van der Waals surface area (Å²) >= 11 is 48.2. The first kappa shape index (κ1) is 102. The zero-order chi connectivity index (χ0) is 99.0. The minimum atomic E-state index is -0.546. The fourth-order valence-corrected chi connectivity index (χ4v) is 15.4. The number of nitrogens with one attached hydrogen (secondary N) is 11. The summed E-state index contributed by atoms with van der Waals surface area (Å²) in [7, 11) is 11.2. The van der Waals surface area contributed by atoms with E-state index >= 15 is 0 Å². The highest BCUT2D eigenvalue weighted by Crippen LogP contribution is 2.39. The Morgan fingerprint density at radius 2 is 0.565 bits per heavy atom. The molecule has 0 unspecified atom stereocenters. The summed E-state index contributed by atoms with van der Waals surface area (Å²) in [6.45, 7) is 5.09. The van der Waals surface area contributed by atoms with Crippen LogP contribution in [-0.4, -0.2) is 199 Å². The van der Waals surface area contributed by atoms with Gasteiger partial charge in [0.05, 0.1) is 100 Å². The van der Waals surface area contributed by atoms with Gasteiger partial charge in [0.25, 0.3) is 47.3 Å². The van der Waals surface area contributed by atoms with Crippen LogP contribution in [0.3, 0.4) is 0 Å². The van der Waals surface area contributed by atoms with E-state index in [0.29, 0.717) is 71.2 Å². The van der Waals surface area contributed by atoms with E-state index in [9.17, 15) is 38.4 Å². The molecule has 8 amide bonds. The average Bonchev–Trinajstić information content (AvgIpc) is 0.920. The fraction of sp³-hybridized carbons (Fsp3) is 0.184. The maximum Gasteiger partial charge on any atom is 0.259 e. The molecule has 3 aliphatic heterocycles. The number of rotatable bonds is 24. The zero-order valence-electron chi connectivity index (χ0n) is 75.0. The second kappa shape index (κ2) is 48.3. The van der Waals surface area contributed by atoms with Crippen molar-refractivity contribution < 1.29 is 57.3 Å². The molecule has 0 spiro atoms. The topological polar surface area (TPSA) is 418 Å². The van der Waals surface area contributed by atoms with E-state index in [1.165, 1.54) is 108 Å². The molecule has 11 N–H and O–H groups in total. The lowest BCUT2D eigenvalue weighted by Gasteiger charge is -2.29. The molecule has 0 saturated carbocycles. The highest BCUT2D eigenvalue weighted by atomic mass is 35.5. The lowest BCUT2D eigenvalue weighted by atomic mass is 10.1. The lowest BCUT2D eigenvalue weighted by Crippen LogP contribution is -2.35. The van der Waals surface area contributed by atoms with Crippen LogP contribution in [0.2, 0.25) is 40.2 Å². The third kappa shape index (κ3) is 27.2. The molecule has 40 heteroatoms. The third-order valence-corrected chi connectivity index (χ3v) is 23.0. The van der Waals surface area contributed by atoms with Crippen molar-refractivity contribution in [2.45, 2.75) is 32.1 Å². The summed E-state index contributed by atoms with van der Waals surface area (Å²) in [5.74, 6) is 0.274. The Bertz CT molecular complexity index is 6560. The first-order chi connectivity index (χ1) is 66.2. The van der Waals surface area contributed by atoms with Crippen molar-refractivity contribution in [3.05, 3.63) is 326 Å². The smallest absolute Gasteiger partial charge is 0.259 e. The van der Waals surface area contributed by atoms with Gasteiger partial charge in [-0.15, -0.1) is 0 Å². The molecule has 3 aliphatic rings. The summed E-state index contributed by atoms with van der Waals surface area (Å²) in [4.78, 5) is 133. The molecule has 32 nitrogen and oxygen atoms in total. The van der Waals surface area contributed by atoms with Crippen molar-refractivity contribution >= 4 is 209 Å². The minimum absolute atomic E-state index is 0.0930. The Labute approximate surface area is 833 Å². The summed E-state index contributed by atoms with van der Waals surface area (Å²) in [6, 6.07) is 51.6. The Balaban J connectivity index is 0.000000165. The molecule has 12 aromatic rings. The number of carbonyl (C=O) groups excluding carboxylic acids is 8. The monoisotopic (exact) mass is 2020 g/mol. The lowest BCUT2D eigenvalue weighted by molar-refractivity contribution is 0.101. The Kier molecular flexibility index (Phi) is 35.9. The number of likely N-dealkylation sites (N-methyl/N-ethyl adjacent to an activating group) is 1. The van der Waals surface area contributed by atoms with Crippen LogP contribution in [0.25, 0.3) is 0 Å². The van der Waals surface area contributed by atoms with Crippen LogP contribution in [-0.2, 0) is 0 Å². The van der Waals surface area contributed by atoms with Gasteiger partial charge in [-0.3, -0.25) is 59.6 Å². The van der Waals surface area contributed by atoms with E-state index in [-0.39, 0.29) is 106 Å². The molecule has 2 fully saturated rings. The Morgan fingerprint density at radius 1 is 0.312 bits per heavy atom. The number of carbonyl (C=O) groups is 8. The zero-order valence-corrected chi connectivity index (χ0v) is 81.1. The van der Waals surface area contributed by atoms with Crippen molar-refractivity contribution in [3.63, 3.8) is 0 Å². The number of anilines is 8. The standard InChI is InChI=1S/C26H25Cl2N5O3.C25H23Cl2N5O3.C24H21Cl2N5O3.C23H21Cl2N5O3/c1-36-21-14-19(28)13-20(26(35)31-22-10-9-18(27)15-30-22)23(21)32-25(34)17-7-5-16(6-8-17)24(29)33-11-3-2-4-12-33;1-35-20-13-18(27)12-19(25(34)30-21-9-8-17(26)14-29-21)22(20)31-24(33)16-6-4-15(5-7-16)23(28)32-10-2-3-11-32;1-31-10-9-27-22(31)14-3-5-15(6-4-14)23(32)30-21-18(11-17(26)12-19(21)34-2)24(33)29-20-8-7-16(25)13-28-20;1-30(2)21(26)13-4-6-14(7-5-13)22(31)29-20-17(10-16(25)11-18(20)33-3)23(32)28-19-9-8-15(24)12-27-19/h5-10,13-15,29H,2-4,11-12H2,1H3,(H,32,34)(H,30,31,35);4-9,12-14,28H,2-3,10-11H2,1H3,(H,31,33)(H,29,30,34);3-8,11-13H,9-10H2,1-2H3,(H,30,32)(H,28,29,33);4-12,26H,1-3H3,(H,29,31)(H,27,28,32). The predicted molar refractivity (Wildman–Crippen MR) is 543 cm³/mol. The predicted octanol–water partition coefficient (Wildman–Crippen LogP) is 20.4. The Morgan fingerprint density at radius 3 is 0.804 bits per heavy atom. The van der Waals surface area contributed by atoms with Gasteiger partial charge >= 0.3 is 0 Å². The molecule has 710 valence electrons. The fourth-order valence-electron chi connectivity index (χ4n) is 14.1. The first-order valence-electron chi connectivity index (χ1n) is 42.3. The number of nitrogens with zero attached hydrogens (tertiary/aromatic N) is 9. The molecule has 0 radical (unpaired) electrons. The van der Waals surface area contributed by atoms with E-state index in [2.05, 4.69) is 77.3 Å². The van der Waals surface area contributed by atoms with Crippen molar-refractivity contribution in [2.75, 3.05) is 131 Å². The molecule has 0 bridgehead atoms. The number of methoxy groups -OCH3 is 4. The van der Waals surface area contributed by atoms with Gasteiger partial charge in [0.1, 0.15) is 69.6 Å². The molecular formula is C98H90Cl8N20O12. The number of pyridine rings is 4. The second-order valence-corrected chi connectivity index (χ2v) is 34.3. The highest BCUT2D eigenvalue weighted by Gasteiger charge is 2.29. The minimum Gasteiger partial charge on any atom is -0.494 e. The normalized spacial score (nSPS) is 12.3. The van der Waals surface area contributed by atoms with Crippen LogP contribution >= 0.6 is 92.8 Å². The van der Waals surface area contributed by atoms with Crippen molar-refractivity contribution in [3.8, 4) is 23.0 Å². The quantitative estimate of drug-likeness (QED) is 0.0198. The maximum atomic E-state index is 13.1. The van der Waals surface area contributed by atoms with Crippen LogP contribution in [0.1, 0.15) is 137 Å². The van der Waals surface area contributed by atoms with Gasteiger partial charge in [0.15, 0.2) is 0 Å². The van der Waals surface area contributed by atoms with Gasteiger partial charge < -0.3 is 81.1 Å². The van der Waals surface area contributed by atoms with Gasteiger partial charge in [-0.1, -0.05) is 141 Å².